The van der Waals surface area contributed by atoms with E-state index in [1.807, 2.05) is 6.92 Å². The van der Waals surface area contributed by atoms with E-state index in [4.69, 9.17) is 10.9 Å². The zero-order valence-electron chi connectivity index (χ0n) is 9.03. The number of nitrogens with two attached hydrogens (primary N) is 1. The van der Waals surface area contributed by atoms with Crippen molar-refractivity contribution >= 4 is 17.2 Å². The topological polar surface area (TPSA) is 70.6 Å². The molecule has 1 atom stereocenters. The van der Waals surface area contributed by atoms with Crippen LogP contribution in [-0.4, -0.2) is 17.1 Å². The molecule has 0 radical (unpaired) electrons. The van der Waals surface area contributed by atoms with Crippen molar-refractivity contribution < 1.29 is 5.21 Å². The predicted molar refractivity (Wildman–Crippen MR) is 63.4 cm³/mol. The zero-order valence-corrected chi connectivity index (χ0v) is 9.84. The molecule has 1 aromatic heterocycles. The minimum Gasteiger partial charge on any atom is -0.409 e. The van der Waals surface area contributed by atoms with Crippen LogP contribution in [0.3, 0.4) is 0 Å². The van der Waals surface area contributed by atoms with Gasteiger partial charge in [-0.25, -0.2) is 0 Å². The fourth-order valence-electron chi connectivity index (χ4n) is 1.33. The molecule has 0 aromatic carbocycles. The first-order valence-electron chi connectivity index (χ1n) is 4.92. The number of thiophene rings is 1. The van der Waals surface area contributed by atoms with Crippen molar-refractivity contribution in [1.82, 2.24) is 5.32 Å². The first kappa shape index (κ1) is 12.0. The van der Waals surface area contributed by atoms with Crippen LogP contribution in [0.5, 0.6) is 0 Å². The number of oxime groups is 1. The van der Waals surface area contributed by atoms with E-state index in [1.54, 1.807) is 11.3 Å². The maximum atomic E-state index is 8.57. The first-order valence-corrected chi connectivity index (χ1v) is 5.80. The summed E-state index contributed by atoms with van der Waals surface area (Å²) in [6, 6.07) is 2.03. The highest BCUT2D eigenvalue weighted by Crippen LogP contribution is 2.15. The smallest absolute Gasteiger partial charge is 0.156 e. The van der Waals surface area contributed by atoms with E-state index in [0.29, 0.717) is 0 Å². The molecule has 0 aliphatic heterocycles. The van der Waals surface area contributed by atoms with Crippen molar-refractivity contribution in [2.24, 2.45) is 10.9 Å². The molecule has 84 valence electrons. The highest BCUT2D eigenvalue weighted by atomic mass is 32.1. The standard InChI is InChI=1S/C10H17N3OS/c1-3-8(10(11)13-14)12-6-9-7(2)4-5-15-9/h4-5,8,12,14H,3,6H2,1-2H3,(H2,11,13). The van der Waals surface area contributed by atoms with Gasteiger partial charge in [-0.1, -0.05) is 12.1 Å². The first-order chi connectivity index (χ1) is 7.19. The highest BCUT2D eigenvalue weighted by Gasteiger charge is 2.11. The number of nitrogens with zero attached hydrogens (tertiary/aromatic N) is 1. The quantitative estimate of drug-likeness (QED) is 0.310. The Balaban J connectivity index is 2.52. The molecule has 4 nitrogen and oxygen atoms in total. The van der Waals surface area contributed by atoms with Gasteiger partial charge in [-0.05, 0) is 30.4 Å². The Kier molecular flexibility index (Phi) is 4.58. The van der Waals surface area contributed by atoms with Crippen LogP contribution in [0.2, 0.25) is 0 Å². The maximum Gasteiger partial charge on any atom is 0.156 e. The van der Waals surface area contributed by atoms with Crippen molar-refractivity contribution in [2.45, 2.75) is 32.9 Å². The molecule has 0 saturated heterocycles. The Hall–Kier alpha value is -1.07. The van der Waals surface area contributed by atoms with Gasteiger partial charge < -0.3 is 16.3 Å². The van der Waals surface area contributed by atoms with Gasteiger partial charge in [-0.15, -0.1) is 11.3 Å². The summed E-state index contributed by atoms with van der Waals surface area (Å²) >= 11 is 1.72. The minimum atomic E-state index is -0.0588. The summed E-state index contributed by atoms with van der Waals surface area (Å²) in [4.78, 5) is 1.29. The van der Waals surface area contributed by atoms with Gasteiger partial charge in [0.1, 0.15) is 0 Å². The van der Waals surface area contributed by atoms with Gasteiger partial charge in [-0.3, -0.25) is 0 Å². The SMILES string of the molecule is CCC(NCc1sccc1C)C(N)=NO. The molecule has 1 rings (SSSR count). The van der Waals surface area contributed by atoms with Crippen LogP contribution in [0.25, 0.3) is 0 Å². The fraction of sp³-hybridized carbons (Fsp3) is 0.500. The third-order valence-corrected chi connectivity index (χ3v) is 3.38. The molecule has 0 bridgehead atoms. The molecular formula is C10H17N3OS. The van der Waals surface area contributed by atoms with E-state index in [9.17, 15) is 0 Å². The van der Waals surface area contributed by atoms with Gasteiger partial charge in [-0.2, -0.15) is 0 Å². The average Bonchev–Trinajstić information content (AvgIpc) is 2.65. The Morgan fingerprint density at radius 2 is 2.47 bits per heavy atom. The van der Waals surface area contributed by atoms with Crippen LogP contribution in [0.4, 0.5) is 0 Å². The second-order valence-electron chi connectivity index (χ2n) is 3.39. The summed E-state index contributed by atoms with van der Waals surface area (Å²) in [6.07, 6.45) is 0.806. The van der Waals surface area contributed by atoms with Crippen molar-refractivity contribution in [1.29, 1.82) is 0 Å². The lowest BCUT2D eigenvalue weighted by Crippen LogP contribution is -2.40. The second-order valence-corrected chi connectivity index (χ2v) is 4.39. The van der Waals surface area contributed by atoms with Crippen LogP contribution < -0.4 is 11.1 Å². The van der Waals surface area contributed by atoms with Gasteiger partial charge in [0.25, 0.3) is 0 Å². The zero-order chi connectivity index (χ0) is 11.3. The van der Waals surface area contributed by atoms with Crippen LogP contribution >= 0.6 is 11.3 Å². The molecule has 1 heterocycles. The Labute approximate surface area is 93.8 Å². The van der Waals surface area contributed by atoms with Gasteiger partial charge in [0, 0.05) is 11.4 Å². The third-order valence-electron chi connectivity index (χ3n) is 2.36. The van der Waals surface area contributed by atoms with E-state index in [1.165, 1.54) is 10.4 Å². The van der Waals surface area contributed by atoms with E-state index in [-0.39, 0.29) is 11.9 Å². The Morgan fingerprint density at radius 1 is 1.73 bits per heavy atom. The maximum absolute atomic E-state index is 8.57. The Morgan fingerprint density at radius 3 is 2.93 bits per heavy atom. The van der Waals surface area contributed by atoms with E-state index >= 15 is 0 Å². The van der Waals surface area contributed by atoms with Gasteiger partial charge in [0.05, 0.1) is 6.04 Å². The van der Waals surface area contributed by atoms with Gasteiger partial charge in [0.2, 0.25) is 0 Å². The number of rotatable bonds is 5. The summed E-state index contributed by atoms with van der Waals surface area (Å²) in [6.45, 7) is 4.84. The van der Waals surface area contributed by atoms with Crippen LogP contribution in [0.15, 0.2) is 16.6 Å². The van der Waals surface area contributed by atoms with Gasteiger partial charge >= 0.3 is 0 Å². The Bertz CT molecular complexity index is 335. The number of aryl methyl sites for hydroxylation is 1. The minimum absolute atomic E-state index is 0.0588. The molecule has 5 heteroatoms. The van der Waals surface area contributed by atoms with Gasteiger partial charge in [0.15, 0.2) is 5.84 Å². The van der Waals surface area contributed by atoms with Crippen LogP contribution in [0.1, 0.15) is 23.8 Å². The lowest BCUT2D eigenvalue weighted by molar-refractivity contribution is 0.314. The number of hydrogen-bond acceptors (Lipinski definition) is 4. The lowest BCUT2D eigenvalue weighted by atomic mass is 10.2. The lowest BCUT2D eigenvalue weighted by Gasteiger charge is -2.14. The summed E-state index contributed by atoms with van der Waals surface area (Å²) in [5.74, 6) is 0.242. The van der Waals surface area contributed by atoms with Crippen molar-refractivity contribution in [3.63, 3.8) is 0 Å². The van der Waals surface area contributed by atoms with Crippen LogP contribution in [-0.2, 0) is 6.54 Å². The highest BCUT2D eigenvalue weighted by molar-refractivity contribution is 7.10. The molecule has 0 saturated carbocycles. The van der Waals surface area contributed by atoms with E-state index in [2.05, 4.69) is 28.8 Å². The molecule has 1 aromatic rings. The average molecular weight is 227 g/mol. The summed E-state index contributed by atoms with van der Waals surface area (Å²) in [7, 11) is 0. The molecule has 0 aliphatic rings. The monoisotopic (exact) mass is 227 g/mol. The molecule has 0 spiro atoms. The van der Waals surface area contributed by atoms with E-state index < -0.39 is 0 Å². The molecule has 4 N–H and O–H groups in total. The van der Waals surface area contributed by atoms with Crippen molar-refractivity contribution in [2.75, 3.05) is 0 Å². The molecule has 0 fully saturated rings. The molecule has 1 unspecified atom stereocenters. The third kappa shape index (κ3) is 3.21. The summed E-state index contributed by atoms with van der Waals surface area (Å²) in [5, 5.41) is 16.9. The molecule has 0 aliphatic carbocycles. The normalized spacial score (nSPS) is 14.1. The summed E-state index contributed by atoms with van der Waals surface area (Å²) in [5.41, 5.74) is 6.83. The summed E-state index contributed by atoms with van der Waals surface area (Å²) < 4.78 is 0. The number of nitrogens with one attached hydrogen (secondary N) is 1. The molecule has 15 heavy (non-hydrogen) atoms. The largest absolute Gasteiger partial charge is 0.409 e. The predicted octanol–water partition coefficient (Wildman–Crippen LogP) is 1.67. The molecule has 0 amide bonds. The van der Waals surface area contributed by atoms with Crippen molar-refractivity contribution in [3.05, 3.63) is 21.9 Å². The van der Waals surface area contributed by atoms with Crippen molar-refractivity contribution in [3.8, 4) is 0 Å². The second kappa shape index (κ2) is 5.72. The fourth-order valence-corrected chi connectivity index (χ4v) is 2.19. The van der Waals surface area contributed by atoms with E-state index in [0.717, 1.165) is 13.0 Å². The molecular weight excluding hydrogens is 210 g/mol. The number of hydrogen-bond donors (Lipinski definition) is 3. The van der Waals surface area contributed by atoms with Crippen LogP contribution in [0, 0.1) is 6.92 Å². The number of amidine groups is 1.